The third-order valence-corrected chi connectivity index (χ3v) is 11.4. The lowest BCUT2D eigenvalue weighted by atomic mass is 10.0. The molecule has 276 valence electrons. The number of fused-ring (bicyclic) bond motifs is 2. The second-order valence-corrected chi connectivity index (χ2v) is 15.9. The molecule has 10 nitrogen and oxygen atoms in total. The second kappa shape index (κ2) is 15.2. The number of para-hydroxylation sites is 1. The molecule has 2 fully saturated rings. The highest BCUT2D eigenvalue weighted by molar-refractivity contribution is 8.02. The number of hydrogen-bond acceptors (Lipinski definition) is 8. The van der Waals surface area contributed by atoms with Crippen molar-refractivity contribution in [1.82, 2.24) is 14.4 Å². The van der Waals surface area contributed by atoms with Crippen molar-refractivity contribution in [3.8, 4) is 5.75 Å². The van der Waals surface area contributed by atoms with Crippen molar-refractivity contribution in [2.24, 2.45) is 0 Å². The van der Waals surface area contributed by atoms with Crippen molar-refractivity contribution in [1.29, 1.82) is 0 Å². The average molecular weight is 732 g/mol. The third-order valence-electron chi connectivity index (χ3n) is 9.53. The minimum atomic E-state index is -0.741. The molecule has 2 aliphatic rings. The van der Waals surface area contributed by atoms with Crippen molar-refractivity contribution < 1.29 is 33.0 Å². The highest BCUT2D eigenvalue weighted by Crippen LogP contribution is 2.49. The van der Waals surface area contributed by atoms with Gasteiger partial charge in [-0.15, -0.1) is 11.8 Å². The maximum Gasteiger partial charge on any atom is 0.410 e. The molecule has 0 bridgehead atoms. The van der Waals surface area contributed by atoms with Crippen LogP contribution in [-0.4, -0.2) is 80.9 Å². The van der Waals surface area contributed by atoms with Gasteiger partial charge in [0.25, 0.3) is 0 Å². The number of likely N-dealkylation sites (tertiary alicyclic amines) is 1. The summed E-state index contributed by atoms with van der Waals surface area (Å²) in [6, 6.07) is 16.0. The lowest BCUT2D eigenvalue weighted by molar-refractivity contribution is -0.133. The molecule has 0 saturated carbocycles. The number of piperidine rings is 1. The molecular formula is C40H46FN3O7S. The van der Waals surface area contributed by atoms with Gasteiger partial charge in [-0.05, 0) is 100 Å². The number of benzene rings is 3. The fourth-order valence-corrected chi connectivity index (χ4v) is 8.69. The number of carbonyl (C=O) groups is 3. The number of amides is 2. The molecule has 6 rings (SSSR count). The Labute approximate surface area is 307 Å². The minimum Gasteiger partial charge on any atom is -0.494 e. The number of carbonyl (C=O) groups excluding carboxylic acids is 3. The first-order valence-corrected chi connectivity index (χ1v) is 18.8. The number of hydrogen-bond donors (Lipinski definition) is 0. The van der Waals surface area contributed by atoms with Crippen molar-refractivity contribution in [3.05, 3.63) is 88.0 Å². The van der Waals surface area contributed by atoms with Gasteiger partial charge < -0.3 is 28.6 Å². The van der Waals surface area contributed by atoms with Crippen molar-refractivity contribution in [2.75, 3.05) is 32.8 Å². The van der Waals surface area contributed by atoms with E-state index in [-0.39, 0.29) is 51.7 Å². The highest BCUT2D eigenvalue weighted by atomic mass is 32.2. The molecule has 0 N–H and O–H groups in total. The predicted octanol–water partition coefficient (Wildman–Crippen LogP) is 7.37. The molecule has 0 aliphatic carbocycles. The Morgan fingerprint density at radius 3 is 2.44 bits per heavy atom. The van der Waals surface area contributed by atoms with Crippen LogP contribution >= 0.6 is 11.8 Å². The fourth-order valence-electron chi connectivity index (χ4n) is 7.04. The summed E-state index contributed by atoms with van der Waals surface area (Å²) in [5, 5.41) is 1.94. The molecule has 4 aromatic rings. The Morgan fingerprint density at radius 2 is 1.73 bits per heavy atom. The van der Waals surface area contributed by atoms with Gasteiger partial charge in [-0.1, -0.05) is 31.2 Å². The summed E-state index contributed by atoms with van der Waals surface area (Å²) in [6.45, 7) is 11.7. The van der Waals surface area contributed by atoms with Crippen LogP contribution < -0.4 is 10.2 Å². The van der Waals surface area contributed by atoms with Crippen molar-refractivity contribution in [2.45, 2.75) is 82.6 Å². The van der Waals surface area contributed by atoms with Crippen LogP contribution in [0.15, 0.2) is 65.6 Å². The monoisotopic (exact) mass is 731 g/mol. The molecule has 52 heavy (non-hydrogen) atoms. The van der Waals surface area contributed by atoms with Crippen molar-refractivity contribution >= 4 is 51.4 Å². The largest absolute Gasteiger partial charge is 0.494 e. The number of rotatable bonds is 10. The smallest absolute Gasteiger partial charge is 0.410 e. The Bertz CT molecular complexity index is 2050. The van der Waals surface area contributed by atoms with E-state index in [1.165, 1.54) is 24.4 Å². The number of esters is 1. The van der Waals surface area contributed by atoms with E-state index < -0.39 is 22.8 Å². The van der Waals surface area contributed by atoms with E-state index in [2.05, 4.69) is 0 Å². The number of halogens is 1. The maximum atomic E-state index is 15.0. The lowest BCUT2D eigenvalue weighted by Gasteiger charge is -2.44. The van der Waals surface area contributed by atoms with E-state index in [9.17, 15) is 19.2 Å². The minimum absolute atomic E-state index is 0.0822. The fraction of sp³-hybridized carbons (Fsp3) is 0.450. The Morgan fingerprint density at radius 1 is 1.00 bits per heavy atom. The zero-order chi connectivity index (χ0) is 37.2. The van der Waals surface area contributed by atoms with E-state index in [4.69, 9.17) is 14.2 Å². The van der Waals surface area contributed by atoms with Gasteiger partial charge in [-0.25, -0.2) is 14.0 Å². The molecule has 3 heterocycles. The highest BCUT2D eigenvalue weighted by Gasteiger charge is 2.52. The van der Waals surface area contributed by atoms with E-state index in [1.807, 2.05) is 69.0 Å². The second-order valence-electron chi connectivity index (χ2n) is 14.3. The van der Waals surface area contributed by atoms with Gasteiger partial charge in [0.15, 0.2) is 0 Å². The van der Waals surface area contributed by atoms with Crippen LogP contribution in [0.25, 0.3) is 21.7 Å². The molecule has 1 spiro atoms. The molecule has 12 heteroatoms. The van der Waals surface area contributed by atoms with Crippen LogP contribution in [0, 0.1) is 5.82 Å². The zero-order valence-electron chi connectivity index (χ0n) is 30.4. The predicted molar refractivity (Wildman–Crippen MR) is 200 cm³/mol. The first-order valence-electron chi connectivity index (χ1n) is 17.9. The van der Waals surface area contributed by atoms with Crippen LogP contribution in [0.3, 0.4) is 0 Å². The molecule has 0 radical (unpaired) electrons. The summed E-state index contributed by atoms with van der Waals surface area (Å²) < 4.78 is 33.4. The normalized spacial score (nSPS) is 17.3. The van der Waals surface area contributed by atoms with Gasteiger partial charge in [-0.2, -0.15) is 0 Å². The summed E-state index contributed by atoms with van der Waals surface area (Å²) in [4.78, 5) is 55.2. The lowest BCUT2D eigenvalue weighted by Crippen LogP contribution is -2.53. The summed E-state index contributed by atoms with van der Waals surface area (Å²) in [6.07, 6.45) is 3.89. The summed E-state index contributed by atoms with van der Waals surface area (Å²) in [5.74, 6) is -0.421. The number of ether oxygens (including phenoxy) is 3. The maximum absolute atomic E-state index is 15.0. The van der Waals surface area contributed by atoms with Crippen LogP contribution in [-0.2, 0) is 20.8 Å². The topological polar surface area (TPSA) is 107 Å². The SMILES string of the molecule is CCOC(=O)c1cn(Cc2ccc3cc(OCCCN4C(=O)[C@H](CC)SC45CCN(C(=O)OC(C)(C)C)CC5)ccc3c2)c2c(F)cccc2c1=O. The Balaban J connectivity index is 1.10. The standard InChI is InChI=1S/C40H46FN3O7S/c1-6-33-36(46)44(40(52-33)16-19-42(20-17-40)38(48)51-39(3,4)5)18-9-21-50-29-15-14-27-22-26(12-13-28(27)23-29)24-43-25-31(37(47)49-7-2)35(45)30-10-8-11-32(41)34(30)43/h8,10-15,22-23,25,33H,6-7,9,16-21,24H2,1-5H3/t33-/m0/s1. The van der Waals surface area contributed by atoms with E-state index in [0.29, 0.717) is 51.3 Å². The van der Waals surface area contributed by atoms with Gasteiger partial charge in [-0.3, -0.25) is 9.59 Å². The zero-order valence-corrected chi connectivity index (χ0v) is 31.2. The van der Waals surface area contributed by atoms with E-state index in [0.717, 1.165) is 22.8 Å². The molecule has 2 amide bonds. The van der Waals surface area contributed by atoms with Crippen LogP contribution in [0.4, 0.5) is 9.18 Å². The molecule has 2 saturated heterocycles. The summed E-state index contributed by atoms with van der Waals surface area (Å²) >= 11 is 1.74. The average Bonchev–Trinajstić information content (AvgIpc) is 3.36. The molecule has 1 atom stereocenters. The van der Waals surface area contributed by atoms with E-state index in [1.54, 1.807) is 28.2 Å². The molecular weight excluding hydrogens is 686 g/mol. The number of pyridine rings is 1. The summed E-state index contributed by atoms with van der Waals surface area (Å²) in [5.41, 5.74) is -0.278. The quantitative estimate of drug-likeness (QED) is 0.123. The molecule has 2 aliphatic heterocycles. The van der Waals surface area contributed by atoms with Crippen LogP contribution in [0.2, 0.25) is 0 Å². The first kappa shape index (κ1) is 37.2. The van der Waals surface area contributed by atoms with Gasteiger partial charge in [0.05, 0.1) is 28.9 Å². The van der Waals surface area contributed by atoms with Crippen molar-refractivity contribution in [3.63, 3.8) is 0 Å². The Kier molecular flexibility index (Phi) is 10.9. The number of thioether (sulfide) groups is 1. The third kappa shape index (κ3) is 7.77. The van der Waals surface area contributed by atoms with Gasteiger partial charge in [0.2, 0.25) is 11.3 Å². The molecule has 1 aromatic heterocycles. The number of aromatic nitrogens is 1. The van der Waals surface area contributed by atoms with E-state index >= 15 is 4.39 Å². The summed E-state index contributed by atoms with van der Waals surface area (Å²) in [7, 11) is 0. The number of nitrogens with zero attached hydrogens (tertiary/aromatic N) is 3. The molecule has 0 unspecified atom stereocenters. The Hall–Kier alpha value is -4.58. The van der Waals surface area contributed by atoms with Crippen LogP contribution in [0.1, 0.15) is 76.2 Å². The van der Waals surface area contributed by atoms with Gasteiger partial charge >= 0.3 is 12.1 Å². The van der Waals surface area contributed by atoms with Crippen LogP contribution in [0.5, 0.6) is 5.75 Å². The van der Waals surface area contributed by atoms with Gasteiger partial charge in [0, 0.05) is 37.8 Å². The first-order chi connectivity index (χ1) is 24.8. The van der Waals surface area contributed by atoms with Gasteiger partial charge in [0.1, 0.15) is 22.7 Å². The molecule has 3 aromatic carbocycles.